The summed E-state index contributed by atoms with van der Waals surface area (Å²) in [5, 5.41) is 10.1. The second-order valence-electron chi connectivity index (χ2n) is 9.52. The molecule has 0 heterocycles. The monoisotopic (exact) mass is 482 g/mol. The zero-order valence-corrected chi connectivity index (χ0v) is 22.1. The van der Waals surface area contributed by atoms with Crippen molar-refractivity contribution in [1.82, 2.24) is 0 Å². The van der Waals surface area contributed by atoms with E-state index in [-0.39, 0.29) is 12.6 Å². The minimum absolute atomic E-state index is 0.169. The van der Waals surface area contributed by atoms with E-state index in [1.807, 2.05) is 45.0 Å². The summed E-state index contributed by atoms with van der Waals surface area (Å²) in [6.45, 7) is 8.85. The molecule has 1 unspecified atom stereocenters. The van der Waals surface area contributed by atoms with Crippen molar-refractivity contribution in [3.05, 3.63) is 24.3 Å². The SMILES string of the molecule is CCCCCCCCCCOc1ccc(OCC(O)CSCCCC(=O)OC(C)(C)C)cc1. The Morgan fingerprint density at radius 3 is 2.09 bits per heavy atom. The van der Waals surface area contributed by atoms with E-state index in [1.54, 1.807) is 11.8 Å². The lowest BCUT2D eigenvalue weighted by Gasteiger charge is -2.19. The van der Waals surface area contributed by atoms with Crippen LogP contribution in [0.1, 0.15) is 91.9 Å². The number of benzene rings is 1. The third kappa shape index (κ3) is 17.7. The highest BCUT2D eigenvalue weighted by Gasteiger charge is 2.15. The lowest BCUT2D eigenvalue weighted by Crippen LogP contribution is -2.23. The van der Waals surface area contributed by atoms with Crippen LogP contribution < -0.4 is 9.47 Å². The van der Waals surface area contributed by atoms with Gasteiger partial charge in [0, 0.05) is 12.2 Å². The van der Waals surface area contributed by atoms with Gasteiger partial charge in [0.05, 0.1) is 12.7 Å². The molecule has 33 heavy (non-hydrogen) atoms. The van der Waals surface area contributed by atoms with Crippen molar-refractivity contribution in [2.24, 2.45) is 0 Å². The van der Waals surface area contributed by atoms with Gasteiger partial charge in [0.25, 0.3) is 0 Å². The predicted octanol–water partition coefficient (Wildman–Crippen LogP) is 6.80. The molecule has 0 saturated carbocycles. The molecule has 0 spiro atoms. The Morgan fingerprint density at radius 1 is 0.909 bits per heavy atom. The van der Waals surface area contributed by atoms with Crippen LogP contribution in [0.25, 0.3) is 0 Å². The van der Waals surface area contributed by atoms with E-state index in [4.69, 9.17) is 14.2 Å². The maximum atomic E-state index is 11.7. The van der Waals surface area contributed by atoms with E-state index in [0.717, 1.165) is 36.7 Å². The number of aliphatic hydroxyl groups is 1. The zero-order valence-electron chi connectivity index (χ0n) is 21.3. The third-order valence-electron chi connectivity index (χ3n) is 4.93. The number of aliphatic hydroxyl groups excluding tert-OH is 1. The summed E-state index contributed by atoms with van der Waals surface area (Å²) in [5.41, 5.74) is -0.435. The van der Waals surface area contributed by atoms with Crippen molar-refractivity contribution in [3.63, 3.8) is 0 Å². The van der Waals surface area contributed by atoms with E-state index in [0.29, 0.717) is 12.2 Å². The molecule has 0 aliphatic heterocycles. The molecule has 190 valence electrons. The average molecular weight is 483 g/mol. The van der Waals surface area contributed by atoms with E-state index in [9.17, 15) is 9.90 Å². The van der Waals surface area contributed by atoms with Crippen LogP contribution in [0.15, 0.2) is 24.3 Å². The van der Waals surface area contributed by atoms with Gasteiger partial charge in [-0.15, -0.1) is 0 Å². The minimum Gasteiger partial charge on any atom is -0.494 e. The van der Waals surface area contributed by atoms with Crippen molar-refractivity contribution in [3.8, 4) is 11.5 Å². The minimum atomic E-state index is -0.547. The normalized spacial score (nSPS) is 12.4. The molecule has 1 aromatic carbocycles. The van der Waals surface area contributed by atoms with Crippen LogP contribution >= 0.6 is 11.8 Å². The Morgan fingerprint density at radius 2 is 1.48 bits per heavy atom. The second kappa shape index (κ2) is 18.0. The highest BCUT2D eigenvalue weighted by atomic mass is 32.2. The summed E-state index contributed by atoms with van der Waals surface area (Å²) in [6, 6.07) is 7.59. The number of unbranched alkanes of at least 4 members (excludes halogenated alkanes) is 7. The molecular formula is C27H46O5S. The summed E-state index contributed by atoms with van der Waals surface area (Å²) in [6.07, 6.45) is 10.9. The molecule has 1 atom stereocenters. The molecule has 0 aromatic heterocycles. The maximum absolute atomic E-state index is 11.7. The summed E-state index contributed by atoms with van der Waals surface area (Å²) >= 11 is 1.62. The first kappa shape index (κ1) is 29.6. The van der Waals surface area contributed by atoms with E-state index in [1.165, 1.54) is 44.9 Å². The van der Waals surface area contributed by atoms with Gasteiger partial charge in [0.2, 0.25) is 0 Å². The van der Waals surface area contributed by atoms with E-state index >= 15 is 0 Å². The van der Waals surface area contributed by atoms with Crippen molar-refractivity contribution in [1.29, 1.82) is 0 Å². The first-order valence-electron chi connectivity index (χ1n) is 12.6. The molecule has 0 fully saturated rings. The molecule has 0 amide bonds. The van der Waals surface area contributed by atoms with Crippen LogP contribution in [0.4, 0.5) is 0 Å². The molecule has 0 saturated heterocycles. The third-order valence-corrected chi connectivity index (χ3v) is 6.13. The molecular weight excluding hydrogens is 436 g/mol. The van der Waals surface area contributed by atoms with Gasteiger partial charge in [-0.2, -0.15) is 11.8 Å². The molecule has 6 heteroatoms. The molecule has 1 N–H and O–H groups in total. The zero-order chi connectivity index (χ0) is 24.4. The van der Waals surface area contributed by atoms with Crippen LogP contribution in [0.5, 0.6) is 11.5 Å². The Kier molecular flexibility index (Phi) is 16.2. The summed E-state index contributed by atoms with van der Waals surface area (Å²) in [4.78, 5) is 11.7. The summed E-state index contributed by atoms with van der Waals surface area (Å²) in [5.74, 6) is 2.79. The predicted molar refractivity (Wildman–Crippen MR) is 138 cm³/mol. The van der Waals surface area contributed by atoms with Crippen molar-refractivity contribution in [2.45, 2.75) is 104 Å². The van der Waals surface area contributed by atoms with Gasteiger partial charge in [-0.3, -0.25) is 4.79 Å². The standard InChI is InChI=1S/C27H46O5S/c1-5-6-7-8-9-10-11-12-19-30-24-15-17-25(18-16-24)31-21-23(28)22-33-20-13-14-26(29)32-27(2,3)4/h15-18,23,28H,5-14,19-22H2,1-4H3. The Labute approximate surface area is 206 Å². The number of carbonyl (C=O) groups excluding carboxylic acids is 1. The maximum Gasteiger partial charge on any atom is 0.306 e. The lowest BCUT2D eigenvalue weighted by molar-refractivity contribution is -0.154. The highest BCUT2D eigenvalue weighted by Crippen LogP contribution is 2.19. The molecule has 0 bridgehead atoms. The van der Waals surface area contributed by atoms with Gasteiger partial charge < -0.3 is 19.3 Å². The summed E-state index contributed by atoms with van der Waals surface area (Å²) in [7, 11) is 0. The van der Waals surface area contributed by atoms with Crippen molar-refractivity contribution < 1.29 is 24.1 Å². The Hall–Kier alpha value is -1.40. The van der Waals surface area contributed by atoms with Crippen molar-refractivity contribution >= 4 is 17.7 Å². The number of rotatable bonds is 19. The number of ether oxygens (including phenoxy) is 3. The summed E-state index contributed by atoms with van der Waals surface area (Å²) < 4.78 is 16.8. The van der Waals surface area contributed by atoms with Gasteiger partial charge in [0.1, 0.15) is 23.7 Å². The second-order valence-corrected chi connectivity index (χ2v) is 10.7. The first-order valence-corrected chi connectivity index (χ1v) is 13.8. The van der Waals surface area contributed by atoms with E-state index < -0.39 is 11.7 Å². The number of carbonyl (C=O) groups is 1. The molecule has 0 radical (unpaired) electrons. The van der Waals surface area contributed by atoms with Crippen LogP contribution in [0.3, 0.4) is 0 Å². The number of hydrogen-bond donors (Lipinski definition) is 1. The Bertz CT molecular complexity index is 612. The van der Waals surface area contributed by atoms with Crippen LogP contribution in [0.2, 0.25) is 0 Å². The quantitative estimate of drug-likeness (QED) is 0.173. The van der Waals surface area contributed by atoms with Gasteiger partial charge >= 0.3 is 5.97 Å². The Balaban J connectivity index is 2.05. The lowest BCUT2D eigenvalue weighted by atomic mass is 10.1. The van der Waals surface area contributed by atoms with E-state index in [2.05, 4.69) is 6.92 Å². The van der Waals surface area contributed by atoms with Gasteiger partial charge in [0.15, 0.2) is 0 Å². The topological polar surface area (TPSA) is 65.0 Å². The first-order chi connectivity index (χ1) is 15.8. The van der Waals surface area contributed by atoms with Crippen LogP contribution in [-0.2, 0) is 9.53 Å². The number of thioether (sulfide) groups is 1. The largest absolute Gasteiger partial charge is 0.494 e. The average Bonchev–Trinajstić information content (AvgIpc) is 2.76. The number of esters is 1. The molecule has 0 aliphatic rings. The smallest absolute Gasteiger partial charge is 0.306 e. The molecule has 1 aromatic rings. The molecule has 0 aliphatic carbocycles. The highest BCUT2D eigenvalue weighted by molar-refractivity contribution is 7.99. The van der Waals surface area contributed by atoms with Crippen LogP contribution in [0, 0.1) is 0 Å². The van der Waals surface area contributed by atoms with Gasteiger partial charge in [-0.05, 0) is 63.6 Å². The molecule has 1 rings (SSSR count). The fourth-order valence-corrected chi connectivity index (χ4v) is 4.11. The molecule has 5 nitrogen and oxygen atoms in total. The van der Waals surface area contributed by atoms with Crippen molar-refractivity contribution in [2.75, 3.05) is 24.7 Å². The van der Waals surface area contributed by atoms with Gasteiger partial charge in [-0.25, -0.2) is 0 Å². The number of hydrogen-bond acceptors (Lipinski definition) is 6. The fourth-order valence-electron chi connectivity index (χ4n) is 3.23. The van der Waals surface area contributed by atoms with Gasteiger partial charge in [-0.1, -0.05) is 51.9 Å². The van der Waals surface area contributed by atoms with Crippen LogP contribution in [-0.4, -0.2) is 47.5 Å². The fraction of sp³-hybridized carbons (Fsp3) is 0.741.